The molecule has 0 saturated heterocycles. The largest absolute Gasteiger partial charge is 0.469 e. The Morgan fingerprint density at radius 2 is 1.11 bits per heavy atom. The van der Waals surface area contributed by atoms with Crippen LogP contribution in [0.25, 0.3) is 0 Å². The van der Waals surface area contributed by atoms with Gasteiger partial charge in [0.1, 0.15) is 6.61 Å². The molecule has 6 atom stereocenters. The van der Waals surface area contributed by atoms with Gasteiger partial charge in [-0.15, -0.1) is 0 Å². The summed E-state index contributed by atoms with van der Waals surface area (Å²) in [6.07, 6.45) is 31.4. The molecule has 1 aliphatic carbocycles. The monoisotopic (exact) mass is 819 g/mol. The van der Waals surface area contributed by atoms with E-state index in [2.05, 4.69) is 18.4 Å². The third kappa shape index (κ3) is 29.8. The Bertz CT molecular complexity index is 1030. The maximum atomic E-state index is 12.5. The van der Waals surface area contributed by atoms with Crippen molar-refractivity contribution >= 4 is 19.8 Å². The molecule has 5 N–H and O–H groups in total. The Morgan fingerprint density at radius 1 is 0.643 bits per heavy atom. The van der Waals surface area contributed by atoms with E-state index in [1.807, 2.05) is 6.08 Å². The van der Waals surface area contributed by atoms with Gasteiger partial charge in [0.15, 0.2) is 6.10 Å². The first-order chi connectivity index (χ1) is 27.0. The van der Waals surface area contributed by atoms with Crippen LogP contribution in [-0.4, -0.2) is 74.7 Å². The third-order valence-electron chi connectivity index (χ3n) is 11.1. The minimum absolute atomic E-state index is 0.0807. The molecule has 330 valence electrons. The number of ether oxygens (including phenoxy) is 2. The summed E-state index contributed by atoms with van der Waals surface area (Å²) in [5.74, 6) is -1.29. The summed E-state index contributed by atoms with van der Waals surface area (Å²) < 4.78 is 26.5. The SMILES string of the molecule is CCCCCCCCCCCCCCCCCCCCC(=O)O[C@H](COC(=O)CCCCCC[C@@H]1[C@@H](/C=C/[C@@H](O)CCCCC)[C@H](O)C[C@@H]1O)COP(=O)(O)O. The van der Waals surface area contributed by atoms with Gasteiger partial charge in [-0.2, -0.15) is 0 Å². The van der Waals surface area contributed by atoms with Crippen LogP contribution in [0.1, 0.15) is 206 Å². The Kier molecular flexibility index (Phi) is 32.5. The molecule has 56 heavy (non-hydrogen) atoms. The number of unbranched alkanes of at least 4 members (excludes halogenated alkanes) is 22. The molecule has 0 unspecified atom stereocenters. The van der Waals surface area contributed by atoms with E-state index >= 15 is 0 Å². The highest BCUT2D eigenvalue weighted by atomic mass is 31.2. The second-order valence-corrected chi connectivity index (χ2v) is 17.6. The van der Waals surface area contributed by atoms with Crippen molar-refractivity contribution in [2.45, 2.75) is 231 Å². The van der Waals surface area contributed by atoms with Crippen LogP contribution in [0.3, 0.4) is 0 Å². The van der Waals surface area contributed by atoms with Gasteiger partial charge in [0, 0.05) is 25.2 Å². The van der Waals surface area contributed by atoms with Crippen LogP contribution in [0.5, 0.6) is 0 Å². The van der Waals surface area contributed by atoms with Gasteiger partial charge in [0.2, 0.25) is 0 Å². The van der Waals surface area contributed by atoms with Crippen molar-refractivity contribution in [2.75, 3.05) is 13.2 Å². The molecule has 11 nitrogen and oxygen atoms in total. The van der Waals surface area contributed by atoms with Crippen LogP contribution in [0, 0.1) is 11.8 Å². The second-order valence-electron chi connectivity index (χ2n) is 16.4. The van der Waals surface area contributed by atoms with Crippen molar-refractivity contribution in [3.8, 4) is 0 Å². The Balaban J connectivity index is 2.20. The zero-order chi connectivity index (χ0) is 41.3. The first kappa shape index (κ1) is 52.7. The fourth-order valence-electron chi connectivity index (χ4n) is 7.71. The lowest BCUT2D eigenvalue weighted by Crippen LogP contribution is -2.29. The summed E-state index contributed by atoms with van der Waals surface area (Å²) >= 11 is 0. The zero-order valence-electron chi connectivity index (χ0n) is 35.4. The predicted octanol–water partition coefficient (Wildman–Crippen LogP) is 10.2. The molecule has 0 aliphatic heterocycles. The maximum absolute atomic E-state index is 12.5. The Morgan fingerprint density at radius 3 is 1.62 bits per heavy atom. The van der Waals surface area contributed by atoms with Crippen molar-refractivity contribution in [1.29, 1.82) is 0 Å². The fourth-order valence-corrected chi connectivity index (χ4v) is 8.07. The van der Waals surface area contributed by atoms with Crippen molar-refractivity contribution < 1.29 is 53.3 Å². The second kappa shape index (κ2) is 34.5. The topological polar surface area (TPSA) is 180 Å². The lowest BCUT2D eigenvalue weighted by atomic mass is 9.88. The van der Waals surface area contributed by atoms with E-state index in [0.717, 1.165) is 64.2 Å². The highest BCUT2D eigenvalue weighted by molar-refractivity contribution is 7.46. The number of aliphatic hydroxyl groups is 3. The number of aliphatic hydroxyl groups excluding tert-OH is 3. The van der Waals surface area contributed by atoms with Gasteiger partial charge in [-0.1, -0.05) is 174 Å². The quantitative estimate of drug-likeness (QED) is 0.0173. The van der Waals surface area contributed by atoms with E-state index in [0.29, 0.717) is 25.7 Å². The Hall–Kier alpha value is -1.33. The molecule has 0 spiro atoms. The van der Waals surface area contributed by atoms with E-state index in [4.69, 9.17) is 19.3 Å². The van der Waals surface area contributed by atoms with Crippen LogP contribution in [0.15, 0.2) is 12.2 Å². The highest BCUT2D eigenvalue weighted by Crippen LogP contribution is 2.38. The van der Waals surface area contributed by atoms with Gasteiger partial charge in [0.25, 0.3) is 0 Å². The van der Waals surface area contributed by atoms with Crippen molar-refractivity contribution in [1.82, 2.24) is 0 Å². The number of rotatable bonds is 38. The molecule has 1 saturated carbocycles. The standard InChI is InChI=1S/C44H83O11P/c1-3-5-7-8-9-10-11-12-13-14-15-16-17-18-19-20-21-27-31-44(49)55-38(36-54-56(50,51)52)35-53-43(48)30-26-23-22-25-29-39-40(42(47)34-41(39)46)33-32-37(45)28-24-6-4-2/h32-33,37-42,45-47H,3-31,34-36H2,1-2H3,(H2,50,51,52)/b33-32+/t37-,38+,39+,40+,41-,42+/m0/s1. The summed E-state index contributed by atoms with van der Waals surface area (Å²) in [6, 6.07) is 0. The molecule has 0 radical (unpaired) electrons. The summed E-state index contributed by atoms with van der Waals surface area (Å²) in [4.78, 5) is 43.2. The minimum Gasteiger partial charge on any atom is -0.462 e. The molecule has 1 aliphatic rings. The molecule has 1 fully saturated rings. The average molecular weight is 819 g/mol. The van der Waals surface area contributed by atoms with Gasteiger partial charge in [0.05, 0.1) is 24.9 Å². The van der Waals surface area contributed by atoms with E-state index < -0.39 is 50.8 Å². The van der Waals surface area contributed by atoms with E-state index in [9.17, 15) is 29.5 Å². The molecule has 0 aromatic heterocycles. The van der Waals surface area contributed by atoms with Gasteiger partial charge in [-0.05, 0) is 31.6 Å². The van der Waals surface area contributed by atoms with Gasteiger partial charge in [-0.25, -0.2) is 4.57 Å². The normalized spacial score (nSPS) is 19.8. The molecular weight excluding hydrogens is 735 g/mol. The maximum Gasteiger partial charge on any atom is 0.469 e. The van der Waals surface area contributed by atoms with Crippen molar-refractivity contribution in [3.63, 3.8) is 0 Å². The number of hydrogen-bond donors (Lipinski definition) is 5. The summed E-state index contributed by atoms with van der Waals surface area (Å²) in [5.41, 5.74) is 0. The summed E-state index contributed by atoms with van der Waals surface area (Å²) in [6.45, 7) is 3.44. The molecule has 0 amide bonds. The molecule has 0 aromatic carbocycles. The van der Waals surface area contributed by atoms with E-state index in [-0.39, 0.29) is 31.3 Å². The first-order valence-electron chi connectivity index (χ1n) is 22.7. The van der Waals surface area contributed by atoms with E-state index in [1.165, 1.54) is 89.9 Å². The van der Waals surface area contributed by atoms with Crippen LogP contribution in [0.2, 0.25) is 0 Å². The average Bonchev–Trinajstić information content (AvgIpc) is 3.42. The highest BCUT2D eigenvalue weighted by Gasteiger charge is 2.39. The zero-order valence-corrected chi connectivity index (χ0v) is 36.3. The molecule has 0 bridgehead atoms. The van der Waals surface area contributed by atoms with E-state index in [1.54, 1.807) is 6.08 Å². The number of hydrogen-bond acceptors (Lipinski definition) is 9. The number of esters is 2. The molecule has 0 aromatic rings. The number of phosphoric acid groups is 1. The number of carbonyl (C=O) groups is 2. The lowest BCUT2D eigenvalue weighted by Gasteiger charge is -2.21. The van der Waals surface area contributed by atoms with Crippen molar-refractivity contribution in [2.24, 2.45) is 11.8 Å². The summed E-state index contributed by atoms with van der Waals surface area (Å²) in [7, 11) is -4.81. The molecule has 1 rings (SSSR count). The first-order valence-corrected chi connectivity index (χ1v) is 24.3. The fraction of sp³-hybridized carbons (Fsp3) is 0.909. The van der Waals surface area contributed by atoms with Crippen LogP contribution in [0.4, 0.5) is 0 Å². The molecule has 12 heteroatoms. The minimum atomic E-state index is -4.81. The van der Waals surface area contributed by atoms with Gasteiger partial charge in [-0.3, -0.25) is 14.1 Å². The van der Waals surface area contributed by atoms with Gasteiger partial charge < -0.3 is 34.6 Å². The molecular formula is C44H83O11P. The summed E-state index contributed by atoms with van der Waals surface area (Å²) in [5, 5.41) is 31.3. The van der Waals surface area contributed by atoms with Crippen LogP contribution in [-0.2, 0) is 28.2 Å². The van der Waals surface area contributed by atoms with Crippen LogP contribution >= 0.6 is 7.82 Å². The number of carbonyl (C=O) groups excluding carboxylic acids is 2. The van der Waals surface area contributed by atoms with Gasteiger partial charge >= 0.3 is 19.8 Å². The third-order valence-corrected chi connectivity index (χ3v) is 11.6. The lowest BCUT2D eigenvalue weighted by molar-refractivity contribution is -0.161. The predicted molar refractivity (Wildman–Crippen MR) is 223 cm³/mol. The molecule has 0 heterocycles. The van der Waals surface area contributed by atoms with Crippen LogP contribution < -0.4 is 0 Å². The Labute approximate surface area is 340 Å². The van der Waals surface area contributed by atoms with Crippen molar-refractivity contribution in [3.05, 3.63) is 12.2 Å². The smallest absolute Gasteiger partial charge is 0.462 e. The number of phosphoric ester groups is 1.